The van der Waals surface area contributed by atoms with E-state index < -0.39 is 0 Å². The average molecular weight is 441 g/mol. The van der Waals surface area contributed by atoms with Crippen LogP contribution in [0.2, 0.25) is 10.0 Å². The first-order chi connectivity index (χ1) is 14.1. The van der Waals surface area contributed by atoms with Crippen LogP contribution in [0.4, 0.5) is 5.69 Å². The molecule has 0 saturated heterocycles. The van der Waals surface area contributed by atoms with Crippen molar-refractivity contribution < 1.29 is 4.74 Å². The third kappa shape index (κ3) is 4.56. The van der Waals surface area contributed by atoms with E-state index in [-0.39, 0.29) is 0 Å². The first-order valence-electron chi connectivity index (χ1n) is 9.00. The van der Waals surface area contributed by atoms with E-state index in [0.29, 0.717) is 16.6 Å². The van der Waals surface area contributed by atoms with Crippen LogP contribution in [0.25, 0.3) is 11.3 Å². The Morgan fingerprint density at radius 1 is 0.966 bits per heavy atom. The van der Waals surface area contributed by atoms with Crippen molar-refractivity contribution in [2.24, 2.45) is 4.99 Å². The van der Waals surface area contributed by atoms with Crippen molar-refractivity contribution in [2.45, 2.75) is 6.54 Å². The molecule has 0 aliphatic heterocycles. The molecule has 0 saturated carbocycles. The van der Waals surface area contributed by atoms with Crippen LogP contribution in [0, 0.1) is 0 Å². The monoisotopic (exact) mass is 440 g/mol. The molecule has 0 bridgehead atoms. The molecule has 0 unspecified atom stereocenters. The summed E-state index contributed by atoms with van der Waals surface area (Å²) in [5.74, 6) is 0.806. The number of hydrogen-bond donors (Lipinski definition) is 0. The lowest BCUT2D eigenvalue weighted by Gasteiger charge is -2.11. The number of hydrogen-bond acceptors (Lipinski definition) is 3. The summed E-state index contributed by atoms with van der Waals surface area (Å²) in [7, 11) is 1.65. The van der Waals surface area contributed by atoms with Gasteiger partial charge in [0.1, 0.15) is 5.75 Å². The standard InChI is InChI=1S/C23H18Cl2N2OS/c1-28-19-10-8-18(9-11-19)26-23-27(14-16-5-3-2-4-6-16)22(15-29-23)20-12-7-17(24)13-21(20)25/h2-13,15H,14H2,1H3. The van der Waals surface area contributed by atoms with Gasteiger partial charge in [-0.1, -0.05) is 53.5 Å². The summed E-state index contributed by atoms with van der Waals surface area (Å²) < 4.78 is 7.42. The second-order valence-electron chi connectivity index (χ2n) is 6.41. The Kier molecular flexibility index (Phi) is 6.05. The lowest BCUT2D eigenvalue weighted by molar-refractivity contribution is 0.415. The lowest BCUT2D eigenvalue weighted by atomic mass is 10.1. The van der Waals surface area contributed by atoms with Crippen LogP contribution in [0.1, 0.15) is 5.56 Å². The highest BCUT2D eigenvalue weighted by Crippen LogP contribution is 2.31. The molecule has 4 aromatic rings. The minimum absolute atomic E-state index is 0.617. The van der Waals surface area contributed by atoms with Gasteiger partial charge in [-0.3, -0.25) is 0 Å². The number of nitrogens with zero attached hydrogens (tertiary/aromatic N) is 2. The number of benzene rings is 3. The highest BCUT2D eigenvalue weighted by molar-refractivity contribution is 7.07. The van der Waals surface area contributed by atoms with Gasteiger partial charge in [0.25, 0.3) is 0 Å². The molecule has 0 amide bonds. The van der Waals surface area contributed by atoms with E-state index in [4.69, 9.17) is 32.9 Å². The lowest BCUT2D eigenvalue weighted by Crippen LogP contribution is -2.16. The van der Waals surface area contributed by atoms with Crippen LogP contribution in [0.15, 0.2) is 83.2 Å². The zero-order valence-corrected chi connectivity index (χ0v) is 18.0. The molecule has 29 heavy (non-hydrogen) atoms. The van der Waals surface area contributed by atoms with Crippen molar-refractivity contribution in [1.82, 2.24) is 4.57 Å². The number of ether oxygens (including phenoxy) is 1. The molecule has 0 radical (unpaired) electrons. The van der Waals surface area contributed by atoms with Gasteiger partial charge in [-0.15, -0.1) is 11.3 Å². The Hall–Kier alpha value is -2.53. The number of rotatable bonds is 5. The zero-order chi connectivity index (χ0) is 20.2. The summed E-state index contributed by atoms with van der Waals surface area (Å²) in [6, 6.07) is 23.6. The van der Waals surface area contributed by atoms with E-state index in [0.717, 1.165) is 27.5 Å². The van der Waals surface area contributed by atoms with Gasteiger partial charge in [-0.25, -0.2) is 4.99 Å². The topological polar surface area (TPSA) is 26.5 Å². The summed E-state index contributed by atoms with van der Waals surface area (Å²) in [6.45, 7) is 0.688. The van der Waals surface area contributed by atoms with E-state index in [2.05, 4.69) is 22.1 Å². The fraction of sp³-hybridized carbons (Fsp3) is 0.0870. The van der Waals surface area contributed by atoms with Crippen molar-refractivity contribution in [3.63, 3.8) is 0 Å². The fourth-order valence-corrected chi connectivity index (χ4v) is 4.44. The largest absolute Gasteiger partial charge is 0.497 e. The normalized spacial score (nSPS) is 11.6. The molecule has 146 valence electrons. The molecule has 0 fully saturated rings. The highest BCUT2D eigenvalue weighted by atomic mass is 35.5. The van der Waals surface area contributed by atoms with Gasteiger partial charge in [-0.2, -0.15) is 0 Å². The van der Waals surface area contributed by atoms with Crippen LogP contribution >= 0.6 is 34.5 Å². The van der Waals surface area contributed by atoms with Crippen molar-refractivity contribution in [3.8, 4) is 17.0 Å². The maximum atomic E-state index is 6.50. The van der Waals surface area contributed by atoms with Gasteiger partial charge < -0.3 is 9.30 Å². The van der Waals surface area contributed by atoms with Gasteiger partial charge in [0.2, 0.25) is 0 Å². The van der Waals surface area contributed by atoms with E-state index in [1.54, 1.807) is 24.5 Å². The smallest absolute Gasteiger partial charge is 0.190 e. The Morgan fingerprint density at radius 3 is 2.41 bits per heavy atom. The summed E-state index contributed by atoms with van der Waals surface area (Å²) in [5, 5.41) is 3.32. The molecule has 0 aliphatic carbocycles. The molecule has 4 rings (SSSR count). The van der Waals surface area contributed by atoms with Crippen LogP contribution in [-0.2, 0) is 6.54 Å². The van der Waals surface area contributed by atoms with Gasteiger partial charge in [0, 0.05) is 16.0 Å². The summed E-state index contributed by atoms with van der Waals surface area (Å²) >= 11 is 14.2. The van der Waals surface area contributed by atoms with Crippen LogP contribution in [0.3, 0.4) is 0 Å². The molecular formula is C23H18Cl2N2OS. The van der Waals surface area contributed by atoms with Crippen LogP contribution in [0.5, 0.6) is 5.75 Å². The summed E-state index contributed by atoms with van der Waals surface area (Å²) in [6.07, 6.45) is 0. The van der Waals surface area contributed by atoms with Crippen molar-refractivity contribution in [2.75, 3.05) is 7.11 Å². The van der Waals surface area contributed by atoms with Gasteiger partial charge >= 0.3 is 0 Å². The number of thiazole rings is 1. The third-order valence-corrected chi connectivity index (χ3v) is 5.90. The summed E-state index contributed by atoms with van der Waals surface area (Å²) in [5.41, 5.74) is 3.99. The molecule has 0 spiro atoms. The second-order valence-corrected chi connectivity index (χ2v) is 8.09. The fourth-order valence-electron chi connectivity index (χ4n) is 3.02. The summed E-state index contributed by atoms with van der Waals surface area (Å²) in [4.78, 5) is 5.75. The molecule has 3 aromatic carbocycles. The molecule has 0 N–H and O–H groups in total. The first kappa shape index (κ1) is 19.8. The second kappa shape index (κ2) is 8.87. The molecule has 3 nitrogen and oxygen atoms in total. The first-order valence-corrected chi connectivity index (χ1v) is 10.6. The number of aromatic nitrogens is 1. The Labute approximate surface area is 183 Å². The predicted molar refractivity (Wildman–Crippen MR) is 122 cm³/mol. The Bertz CT molecular complexity index is 1180. The van der Waals surface area contributed by atoms with Crippen molar-refractivity contribution >= 4 is 40.2 Å². The van der Waals surface area contributed by atoms with E-state index in [9.17, 15) is 0 Å². The minimum Gasteiger partial charge on any atom is -0.497 e. The van der Waals surface area contributed by atoms with E-state index in [1.807, 2.05) is 54.6 Å². The SMILES string of the molecule is COc1ccc(N=c2scc(-c3ccc(Cl)cc3Cl)n2Cc2ccccc2)cc1. The maximum Gasteiger partial charge on any atom is 0.190 e. The van der Waals surface area contributed by atoms with Gasteiger partial charge in [0.15, 0.2) is 4.80 Å². The van der Waals surface area contributed by atoms with Gasteiger partial charge in [0.05, 0.1) is 30.1 Å². The van der Waals surface area contributed by atoms with E-state index in [1.165, 1.54) is 5.56 Å². The maximum absolute atomic E-state index is 6.50. The highest BCUT2D eigenvalue weighted by Gasteiger charge is 2.12. The quantitative estimate of drug-likeness (QED) is 0.334. The van der Waals surface area contributed by atoms with Crippen molar-refractivity contribution in [1.29, 1.82) is 0 Å². The average Bonchev–Trinajstić information content (AvgIpc) is 3.11. The number of methoxy groups -OCH3 is 1. The van der Waals surface area contributed by atoms with Crippen LogP contribution < -0.4 is 9.54 Å². The predicted octanol–water partition coefficient (Wildman–Crippen LogP) is 6.81. The molecule has 1 aromatic heterocycles. The number of halogens is 2. The molecule has 0 atom stereocenters. The Balaban J connectivity index is 1.84. The van der Waals surface area contributed by atoms with Gasteiger partial charge in [-0.05, 0) is 48.0 Å². The minimum atomic E-state index is 0.617. The van der Waals surface area contributed by atoms with E-state index >= 15 is 0 Å². The molecule has 1 heterocycles. The molecular weight excluding hydrogens is 423 g/mol. The Morgan fingerprint density at radius 2 is 1.72 bits per heavy atom. The zero-order valence-electron chi connectivity index (χ0n) is 15.7. The molecule has 6 heteroatoms. The third-order valence-electron chi connectivity index (χ3n) is 4.49. The van der Waals surface area contributed by atoms with Crippen molar-refractivity contribution in [3.05, 3.63) is 98.6 Å². The van der Waals surface area contributed by atoms with Crippen LogP contribution in [-0.4, -0.2) is 11.7 Å². The molecule has 0 aliphatic rings.